The van der Waals surface area contributed by atoms with E-state index in [1.165, 1.54) is 17.4 Å². The smallest absolute Gasteiger partial charge is 0.253 e. The molecule has 1 aromatic carbocycles. The molecule has 0 unspecified atom stereocenters. The molecule has 1 aliphatic carbocycles. The van der Waals surface area contributed by atoms with Crippen molar-refractivity contribution in [2.75, 3.05) is 5.32 Å². The first-order valence-corrected chi connectivity index (χ1v) is 5.74. The molecule has 0 radical (unpaired) electrons. The van der Waals surface area contributed by atoms with Crippen LogP contribution in [-0.4, -0.2) is 15.7 Å². The lowest BCUT2D eigenvalue weighted by Gasteiger charge is -2.09. The molecule has 1 aliphatic rings. The predicted octanol–water partition coefficient (Wildman–Crippen LogP) is 1.82. The van der Waals surface area contributed by atoms with Crippen LogP contribution in [0, 0.1) is 0 Å². The number of benzene rings is 1. The fourth-order valence-corrected chi connectivity index (χ4v) is 1.95. The minimum absolute atomic E-state index is 0.0190. The summed E-state index contributed by atoms with van der Waals surface area (Å²) in [6, 6.07) is 7.81. The normalized spacial score (nSPS) is 15.1. The number of pyridine rings is 1. The lowest BCUT2D eigenvalue weighted by atomic mass is 10.1. The topological polar surface area (TPSA) is 54.3 Å². The van der Waals surface area contributed by atoms with E-state index < -0.39 is 0 Å². The van der Waals surface area contributed by atoms with Gasteiger partial charge in [0.05, 0.1) is 0 Å². The first kappa shape index (κ1) is 10.2. The average molecular weight is 230 g/mol. The zero-order chi connectivity index (χ0) is 12.0. The van der Waals surface area contributed by atoms with E-state index >= 15 is 0 Å². The van der Waals surface area contributed by atoms with Gasteiger partial charge in [-0.25, -0.2) is 0 Å². The lowest BCUT2D eigenvalue weighted by molar-refractivity contribution is 0.430. The molecule has 1 heterocycles. The molecular weight excluding hydrogens is 216 g/mol. The van der Waals surface area contributed by atoms with Crippen molar-refractivity contribution < 1.29 is 5.11 Å². The Hall–Kier alpha value is -1.97. The molecule has 2 aromatic rings. The molecule has 2 N–H and O–H groups in total. The number of nitrogens with one attached hydrogen (secondary N) is 1. The highest BCUT2D eigenvalue weighted by molar-refractivity contribution is 5.89. The zero-order valence-electron chi connectivity index (χ0n) is 9.60. The summed E-state index contributed by atoms with van der Waals surface area (Å²) < 4.78 is 1.25. The molecule has 1 aromatic heterocycles. The van der Waals surface area contributed by atoms with Gasteiger partial charge < -0.3 is 10.4 Å². The van der Waals surface area contributed by atoms with E-state index in [4.69, 9.17) is 0 Å². The summed E-state index contributed by atoms with van der Waals surface area (Å²) in [7, 11) is 1.56. The summed E-state index contributed by atoms with van der Waals surface area (Å²) in [4.78, 5) is 11.6. The van der Waals surface area contributed by atoms with Gasteiger partial charge in [0.15, 0.2) is 0 Å². The molecule has 1 saturated carbocycles. The second kappa shape index (κ2) is 3.52. The molecule has 17 heavy (non-hydrogen) atoms. The fourth-order valence-electron chi connectivity index (χ4n) is 1.95. The Morgan fingerprint density at radius 2 is 2.12 bits per heavy atom. The van der Waals surface area contributed by atoms with Crippen LogP contribution in [0.15, 0.2) is 29.1 Å². The highest BCUT2D eigenvalue weighted by Crippen LogP contribution is 2.28. The summed E-state index contributed by atoms with van der Waals surface area (Å²) in [6.07, 6.45) is 2.42. The Morgan fingerprint density at radius 3 is 2.82 bits per heavy atom. The molecule has 0 spiro atoms. The van der Waals surface area contributed by atoms with Crippen LogP contribution in [-0.2, 0) is 7.05 Å². The predicted molar refractivity (Wildman–Crippen MR) is 67.5 cm³/mol. The first-order valence-electron chi connectivity index (χ1n) is 5.74. The largest absolute Gasteiger partial charge is 0.494 e. The van der Waals surface area contributed by atoms with Crippen LogP contribution in [0.4, 0.5) is 5.69 Å². The number of rotatable bonds is 2. The molecule has 88 valence electrons. The van der Waals surface area contributed by atoms with E-state index in [-0.39, 0.29) is 11.4 Å². The van der Waals surface area contributed by atoms with Gasteiger partial charge in [-0.05, 0) is 36.4 Å². The van der Waals surface area contributed by atoms with Crippen molar-refractivity contribution in [3.8, 4) is 5.88 Å². The maximum absolute atomic E-state index is 11.6. The Morgan fingerprint density at radius 1 is 1.35 bits per heavy atom. The standard InChI is InChI=1S/C13H14N2O2/c1-15-12(16)7-8-6-10(14-9-2-3-9)4-5-11(8)13(15)17/h4-7,9,14,17H,2-3H2,1H3. The Labute approximate surface area is 98.5 Å². The molecule has 3 rings (SSSR count). The molecule has 0 aliphatic heterocycles. The SMILES string of the molecule is Cn1c(O)c2ccc(NC3CC3)cc2cc1=O. The number of aromatic nitrogens is 1. The minimum Gasteiger partial charge on any atom is -0.494 e. The number of fused-ring (bicyclic) bond motifs is 1. The number of hydrogen-bond donors (Lipinski definition) is 2. The summed E-state index contributed by atoms with van der Waals surface area (Å²) in [5, 5.41) is 14.7. The Balaban J connectivity index is 2.15. The van der Waals surface area contributed by atoms with Crippen LogP contribution in [0.3, 0.4) is 0 Å². The molecule has 4 nitrogen and oxygen atoms in total. The van der Waals surface area contributed by atoms with Gasteiger partial charge in [-0.1, -0.05) is 0 Å². The second-order valence-electron chi connectivity index (χ2n) is 4.59. The van der Waals surface area contributed by atoms with Crippen molar-refractivity contribution in [2.24, 2.45) is 7.05 Å². The monoisotopic (exact) mass is 230 g/mol. The lowest BCUT2D eigenvalue weighted by Crippen LogP contribution is -2.15. The maximum atomic E-state index is 11.6. The molecule has 0 bridgehead atoms. The van der Waals surface area contributed by atoms with Crippen molar-refractivity contribution in [1.82, 2.24) is 4.57 Å². The van der Waals surface area contributed by atoms with Crippen LogP contribution >= 0.6 is 0 Å². The summed E-state index contributed by atoms with van der Waals surface area (Å²) in [6.45, 7) is 0. The zero-order valence-corrected chi connectivity index (χ0v) is 9.60. The molecular formula is C13H14N2O2. The van der Waals surface area contributed by atoms with E-state index in [2.05, 4.69) is 5.32 Å². The average Bonchev–Trinajstić information content (AvgIpc) is 3.10. The van der Waals surface area contributed by atoms with Crippen LogP contribution in [0.1, 0.15) is 12.8 Å². The van der Waals surface area contributed by atoms with Crippen molar-refractivity contribution >= 4 is 16.5 Å². The number of nitrogens with zero attached hydrogens (tertiary/aromatic N) is 1. The van der Waals surface area contributed by atoms with Crippen molar-refractivity contribution in [2.45, 2.75) is 18.9 Å². The molecule has 0 atom stereocenters. The quantitative estimate of drug-likeness (QED) is 0.827. The number of anilines is 1. The van der Waals surface area contributed by atoms with Crippen LogP contribution in [0.2, 0.25) is 0 Å². The number of hydrogen-bond acceptors (Lipinski definition) is 3. The van der Waals surface area contributed by atoms with E-state index in [0.717, 1.165) is 11.1 Å². The van der Waals surface area contributed by atoms with Gasteiger partial charge in [0.1, 0.15) is 0 Å². The molecule has 0 amide bonds. The van der Waals surface area contributed by atoms with Gasteiger partial charge in [0, 0.05) is 30.2 Å². The van der Waals surface area contributed by atoms with E-state index in [9.17, 15) is 9.90 Å². The first-order chi connectivity index (χ1) is 8.15. The third kappa shape index (κ3) is 1.75. The third-order valence-corrected chi connectivity index (χ3v) is 3.17. The van der Waals surface area contributed by atoms with Crippen molar-refractivity contribution in [3.05, 3.63) is 34.6 Å². The van der Waals surface area contributed by atoms with Crippen LogP contribution in [0.5, 0.6) is 5.88 Å². The van der Waals surface area contributed by atoms with Crippen molar-refractivity contribution in [3.63, 3.8) is 0 Å². The van der Waals surface area contributed by atoms with E-state index in [0.29, 0.717) is 11.4 Å². The second-order valence-corrected chi connectivity index (χ2v) is 4.59. The third-order valence-electron chi connectivity index (χ3n) is 3.17. The Kier molecular flexibility index (Phi) is 2.11. The van der Waals surface area contributed by atoms with Crippen molar-refractivity contribution in [1.29, 1.82) is 0 Å². The molecule has 4 heteroatoms. The summed E-state index contributed by atoms with van der Waals surface area (Å²) in [5.41, 5.74) is 0.811. The fraction of sp³-hybridized carbons (Fsp3) is 0.308. The highest BCUT2D eigenvalue weighted by atomic mass is 16.3. The van der Waals surface area contributed by atoms with E-state index in [1.807, 2.05) is 18.2 Å². The summed E-state index contributed by atoms with van der Waals surface area (Å²) in [5.74, 6) is 0.0190. The Bertz CT molecular complexity index is 642. The van der Waals surface area contributed by atoms with Gasteiger partial charge >= 0.3 is 0 Å². The number of aromatic hydroxyl groups is 1. The highest BCUT2D eigenvalue weighted by Gasteiger charge is 2.20. The molecule has 1 fully saturated rings. The van der Waals surface area contributed by atoms with Gasteiger partial charge in [0.25, 0.3) is 5.56 Å². The van der Waals surface area contributed by atoms with Gasteiger partial charge in [0.2, 0.25) is 5.88 Å². The van der Waals surface area contributed by atoms with Crippen LogP contribution < -0.4 is 10.9 Å². The van der Waals surface area contributed by atoms with Crippen LogP contribution in [0.25, 0.3) is 10.8 Å². The minimum atomic E-state index is -0.196. The van der Waals surface area contributed by atoms with Gasteiger partial charge in [-0.3, -0.25) is 9.36 Å². The summed E-state index contributed by atoms with van der Waals surface area (Å²) >= 11 is 0. The van der Waals surface area contributed by atoms with E-state index in [1.54, 1.807) is 13.1 Å². The van der Waals surface area contributed by atoms with Gasteiger partial charge in [-0.15, -0.1) is 0 Å². The van der Waals surface area contributed by atoms with Gasteiger partial charge in [-0.2, -0.15) is 0 Å². The maximum Gasteiger partial charge on any atom is 0.253 e. The molecule has 0 saturated heterocycles.